The summed E-state index contributed by atoms with van der Waals surface area (Å²) < 4.78 is 0.577. The van der Waals surface area contributed by atoms with Crippen molar-refractivity contribution in [2.24, 2.45) is 0 Å². The first-order valence-corrected chi connectivity index (χ1v) is 6.47. The molecule has 0 spiro atoms. The number of amides is 1. The Morgan fingerprint density at radius 3 is 2.56 bits per heavy atom. The lowest BCUT2D eigenvalue weighted by Crippen LogP contribution is -2.48. The molecule has 18 heavy (non-hydrogen) atoms. The Labute approximate surface area is 116 Å². The number of carbonyl (C=O) groups excluding carboxylic acids is 1. The van der Waals surface area contributed by atoms with Gasteiger partial charge in [-0.2, -0.15) is 0 Å². The molecule has 0 atom stereocenters. The summed E-state index contributed by atoms with van der Waals surface area (Å²) in [6.07, 6.45) is 0. The first-order valence-electron chi connectivity index (χ1n) is 5.68. The zero-order valence-electron chi connectivity index (χ0n) is 11.1. The molecule has 0 saturated heterocycles. The molecule has 4 nitrogen and oxygen atoms in total. The van der Waals surface area contributed by atoms with E-state index in [9.17, 15) is 9.90 Å². The molecule has 0 radical (unpaired) electrons. The van der Waals surface area contributed by atoms with Gasteiger partial charge in [0.1, 0.15) is 5.75 Å². The first-order chi connectivity index (χ1) is 8.24. The Hall–Kier alpha value is -1.07. The Morgan fingerprint density at radius 2 is 2.06 bits per heavy atom. The van der Waals surface area contributed by atoms with Crippen LogP contribution in [0, 0.1) is 0 Å². The molecule has 0 heterocycles. The van der Waals surface area contributed by atoms with Gasteiger partial charge in [0.15, 0.2) is 0 Å². The number of nitrogens with one attached hydrogen (secondary N) is 1. The van der Waals surface area contributed by atoms with Crippen molar-refractivity contribution in [2.45, 2.75) is 19.4 Å². The highest BCUT2D eigenvalue weighted by Crippen LogP contribution is 2.24. The van der Waals surface area contributed by atoms with Crippen LogP contribution >= 0.6 is 15.9 Å². The number of likely N-dealkylation sites (N-methyl/N-ethyl adjacent to an activating group) is 1. The van der Waals surface area contributed by atoms with Crippen LogP contribution < -0.4 is 5.32 Å². The van der Waals surface area contributed by atoms with Gasteiger partial charge in [0, 0.05) is 17.6 Å². The fourth-order valence-corrected chi connectivity index (χ4v) is 1.46. The number of benzene rings is 1. The molecule has 1 aromatic rings. The van der Waals surface area contributed by atoms with Crippen LogP contribution in [0.2, 0.25) is 0 Å². The number of nitrogens with zero attached hydrogens (tertiary/aromatic N) is 1. The van der Waals surface area contributed by atoms with Gasteiger partial charge in [-0.15, -0.1) is 0 Å². The minimum atomic E-state index is -0.187. The van der Waals surface area contributed by atoms with E-state index in [0.717, 1.165) is 0 Å². The molecule has 5 heteroatoms. The second kappa shape index (κ2) is 5.71. The molecule has 1 rings (SSSR count). The minimum Gasteiger partial charge on any atom is -0.507 e. The topological polar surface area (TPSA) is 52.6 Å². The number of aromatic hydroxyl groups is 1. The van der Waals surface area contributed by atoms with Gasteiger partial charge in [0.05, 0.1) is 4.47 Å². The molecule has 1 amide bonds. The van der Waals surface area contributed by atoms with Crippen LogP contribution in [-0.4, -0.2) is 42.1 Å². The lowest BCUT2D eigenvalue weighted by atomic mass is 10.0. The average Bonchev–Trinajstić information content (AvgIpc) is 2.29. The summed E-state index contributed by atoms with van der Waals surface area (Å²) in [5.41, 5.74) is 0.331. The number of hydrogen-bond donors (Lipinski definition) is 2. The van der Waals surface area contributed by atoms with E-state index in [1.807, 2.05) is 32.8 Å². The number of hydrogen-bond acceptors (Lipinski definition) is 3. The van der Waals surface area contributed by atoms with Crippen molar-refractivity contribution in [2.75, 3.05) is 20.6 Å². The maximum absolute atomic E-state index is 11.9. The molecule has 0 saturated carbocycles. The lowest BCUT2D eigenvalue weighted by molar-refractivity contribution is 0.0919. The van der Waals surface area contributed by atoms with Crippen LogP contribution in [0.3, 0.4) is 0 Å². The molecule has 0 aromatic heterocycles. The molecule has 0 aliphatic rings. The molecule has 0 aliphatic carbocycles. The third-order valence-corrected chi connectivity index (χ3v) is 3.77. The molecular formula is C13H19BrN2O2. The highest BCUT2D eigenvalue weighted by atomic mass is 79.9. The van der Waals surface area contributed by atoms with Gasteiger partial charge < -0.3 is 15.3 Å². The summed E-state index contributed by atoms with van der Waals surface area (Å²) in [6, 6.07) is 4.77. The van der Waals surface area contributed by atoms with Crippen molar-refractivity contribution in [1.29, 1.82) is 0 Å². The second-order valence-corrected chi connectivity index (χ2v) is 5.91. The van der Waals surface area contributed by atoms with E-state index in [4.69, 9.17) is 0 Å². The summed E-state index contributed by atoms with van der Waals surface area (Å²) in [6.45, 7) is 4.63. The number of phenolic OH excluding ortho intramolecular Hbond substituents is 1. The van der Waals surface area contributed by atoms with E-state index in [1.54, 1.807) is 12.1 Å². The van der Waals surface area contributed by atoms with Crippen LogP contribution in [0.25, 0.3) is 0 Å². The molecule has 0 fully saturated rings. The molecule has 1 aromatic carbocycles. The monoisotopic (exact) mass is 314 g/mol. The van der Waals surface area contributed by atoms with Gasteiger partial charge in [0.2, 0.25) is 0 Å². The SMILES string of the molecule is CN(C)C(C)(C)CNC(=O)c1ccc(Br)c(O)c1. The van der Waals surface area contributed by atoms with Gasteiger partial charge in [-0.25, -0.2) is 0 Å². The maximum Gasteiger partial charge on any atom is 0.251 e. The zero-order valence-corrected chi connectivity index (χ0v) is 12.7. The predicted octanol–water partition coefficient (Wildman–Crippen LogP) is 2.22. The number of rotatable bonds is 4. The van der Waals surface area contributed by atoms with Gasteiger partial charge in [0.25, 0.3) is 5.91 Å². The van der Waals surface area contributed by atoms with Crippen molar-refractivity contribution in [1.82, 2.24) is 10.2 Å². The van der Waals surface area contributed by atoms with Gasteiger partial charge in [-0.1, -0.05) is 0 Å². The molecule has 100 valence electrons. The van der Waals surface area contributed by atoms with Crippen LogP contribution in [0.5, 0.6) is 5.75 Å². The maximum atomic E-state index is 11.9. The Morgan fingerprint density at radius 1 is 1.44 bits per heavy atom. The normalized spacial score (nSPS) is 11.7. The largest absolute Gasteiger partial charge is 0.507 e. The number of halogens is 1. The first kappa shape index (κ1) is 15.0. The standard InChI is InChI=1S/C13H19BrN2O2/c1-13(2,16(3)4)8-15-12(18)9-5-6-10(14)11(17)7-9/h5-7,17H,8H2,1-4H3,(H,15,18). The summed E-state index contributed by atoms with van der Waals surface area (Å²) in [7, 11) is 3.94. The summed E-state index contributed by atoms with van der Waals surface area (Å²) >= 11 is 3.18. The molecule has 2 N–H and O–H groups in total. The van der Waals surface area contributed by atoms with E-state index in [1.165, 1.54) is 6.07 Å². The van der Waals surface area contributed by atoms with Gasteiger partial charge in [-0.3, -0.25) is 4.79 Å². The summed E-state index contributed by atoms with van der Waals surface area (Å²) in [5, 5.41) is 12.4. The highest BCUT2D eigenvalue weighted by molar-refractivity contribution is 9.10. The third-order valence-electron chi connectivity index (χ3n) is 3.10. The van der Waals surface area contributed by atoms with E-state index in [2.05, 4.69) is 21.2 Å². The van der Waals surface area contributed by atoms with Crippen molar-refractivity contribution in [3.8, 4) is 5.75 Å². The highest BCUT2D eigenvalue weighted by Gasteiger charge is 2.21. The third kappa shape index (κ3) is 3.71. The van der Waals surface area contributed by atoms with E-state index < -0.39 is 0 Å². The quantitative estimate of drug-likeness (QED) is 0.896. The molecule has 0 aliphatic heterocycles. The molecule has 0 bridgehead atoms. The predicted molar refractivity (Wildman–Crippen MR) is 75.9 cm³/mol. The Kier molecular flexibility index (Phi) is 4.76. The lowest BCUT2D eigenvalue weighted by Gasteiger charge is -2.32. The van der Waals surface area contributed by atoms with E-state index in [0.29, 0.717) is 16.6 Å². The Balaban J connectivity index is 2.69. The second-order valence-electron chi connectivity index (χ2n) is 5.06. The van der Waals surface area contributed by atoms with Gasteiger partial charge >= 0.3 is 0 Å². The van der Waals surface area contributed by atoms with Crippen molar-refractivity contribution in [3.05, 3.63) is 28.2 Å². The van der Waals surface area contributed by atoms with E-state index in [-0.39, 0.29) is 17.2 Å². The fourth-order valence-electron chi connectivity index (χ4n) is 1.21. The Bertz CT molecular complexity index is 445. The fraction of sp³-hybridized carbons (Fsp3) is 0.462. The summed E-state index contributed by atoms with van der Waals surface area (Å²) in [5.74, 6) is -0.123. The zero-order chi connectivity index (χ0) is 13.9. The molecule has 0 unspecified atom stereocenters. The number of phenols is 1. The van der Waals surface area contributed by atoms with Crippen LogP contribution in [0.1, 0.15) is 24.2 Å². The van der Waals surface area contributed by atoms with Crippen molar-refractivity contribution >= 4 is 21.8 Å². The van der Waals surface area contributed by atoms with Crippen LogP contribution in [0.15, 0.2) is 22.7 Å². The van der Waals surface area contributed by atoms with Crippen LogP contribution in [0.4, 0.5) is 0 Å². The number of carbonyl (C=O) groups is 1. The van der Waals surface area contributed by atoms with E-state index >= 15 is 0 Å². The molecular weight excluding hydrogens is 296 g/mol. The minimum absolute atomic E-state index is 0.0644. The van der Waals surface area contributed by atoms with Crippen molar-refractivity contribution < 1.29 is 9.90 Å². The van der Waals surface area contributed by atoms with Crippen LogP contribution in [-0.2, 0) is 0 Å². The summed E-state index contributed by atoms with van der Waals surface area (Å²) in [4.78, 5) is 14.0. The smallest absolute Gasteiger partial charge is 0.251 e. The van der Waals surface area contributed by atoms with Crippen molar-refractivity contribution in [3.63, 3.8) is 0 Å². The van der Waals surface area contributed by atoms with Gasteiger partial charge in [-0.05, 0) is 62.1 Å². The average molecular weight is 315 g/mol.